The van der Waals surface area contributed by atoms with Gasteiger partial charge in [0.25, 0.3) is 0 Å². The molecule has 29 heavy (non-hydrogen) atoms. The summed E-state index contributed by atoms with van der Waals surface area (Å²) >= 11 is 0. The van der Waals surface area contributed by atoms with Gasteiger partial charge in [-0.15, -0.1) is 24.0 Å². The number of guanidine groups is 1. The average molecular weight is 516 g/mol. The standard InChI is InChI=1S/C21H32N4O3.HI/c1-22-21(25-12-10-17(11-13-25)20(26)27-2)24-15-16-8-9-19(23-14-16)28-18-6-4-3-5-7-18;/h8-9,14,17-18H,3-7,10-13,15H2,1-2H3,(H,22,24);1H. The Morgan fingerprint density at radius 2 is 1.93 bits per heavy atom. The Labute approximate surface area is 190 Å². The van der Waals surface area contributed by atoms with Gasteiger partial charge in [-0.05, 0) is 44.1 Å². The van der Waals surface area contributed by atoms with Crippen molar-refractivity contribution in [2.75, 3.05) is 27.2 Å². The second-order valence-electron chi connectivity index (χ2n) is 7.57. The quantitative estimate of drug-likeness (QED) is 0.280. The number of likely N-dealkylation sites (tertiary alicyclic amines) is 1. The number of pyridine rings is 1. The molecule has 1 aromatic heterocycles. The Morgan fingerprint density at radius 3 is 2.52 bits per heavy atom. The maximum absolute atomic E-state index is 11.7. The van der Waals surface area contributed by atoms with Gasteiger partial charge in [-0.25, -0.2) is 4.98 Å². The lowest BCUT2D eigenvalue weighted by molar-refractivity contribution is -0.146. The minimum Gasteiger partial charge on any atom is -0.474 e. The first-order valence-corrected chi connectivity index (χ1v) is 10.3. The third kappa shape index (κ3) is 7.01. The molecule has 162 valence electrons. The number of aliphatic imine (C=N–C) groups is 1. The van der Waals surface area contributed by atoms with Gasteiger partial charge in [-0.3, -0.25) is 9.79 Å². The number of aromatic nitrogens is 1. The smallest absolute Gasteiger partial charge is 0.308 e. The highest BCUT2D eigenvalue weighted by Crippen LogP contribution is 2.22. The molecule has 0 spiro atoms. The fourth-order valence-corrected chi connectivity index (χ4v) is 3.95. The summed E-state index contributed by atoms with van der Waals surface area (Å²) in [6.07, 6.45) is 9.86. The van der Waals surface area contributed by atoms with Crippen molar-refractivity contribution < 1.29 is 14.3 Å². The fourth-order valence-electron chi connectivity index (χ4n) is 3.95. The van der Waals surface area contributed by atoms with E-state index in [9.17, 15) is 4.79 Å². The monoisotopic (exact) mass is 516 g/mol. The normalized spacial score (nSPS) is 18.7. The summed E-state index contributed by atoms with van der Waals surface area (Å²) in [6, 6.07) is 4.01. The molecule has 0 amide bonds. The van der Waals surface area contributed by atoms with E-state index in [4.69, 9.17) is 9.47 Å². The molecule has 3 rings (SSSR count). The van der Waals surface area contributed by atoms with Crippen molar-refractivity contribution in [3.63, 3.8) is 0 Å². The Kier molecular flexibility index (Phi) is 9.96. The molecule has 1 aliphatic carbocycles. The van der Waals surface area contributed by atoms with Crippen LogP contribution in [0.3, 0.4) is 0 Å². The van der Waals surface area contributed by atoms with E-state index in [1.165, 1.54) is 26.4 Å². The predicted octanol–water partition coefficient (Wildman–Crippen LogP) is 3.37. The topological polar surface area (TPSA) is 76.1 Å². The molecule has 8 heteroatoms. The summed E-state index contributed by atoms with van der Waals surface area (Å²) in [6.45, 7) is 2.25. The van der Waals surface area contributed by atoms with Crippen molar-refractivity contribution in [1.82, 2.24) is 15.2 Å². The summed E-state index contributed by atoms with van der Waals surface area (Å²) in [7, 11) is 3.24. The van der Waals surface area contributed by atoms with Crippen LogP contribution >= 0.6 is 24.0 Å². The lowest BCUT2D eigenvalue weighted by Crippen LogP contribution is -2.46. The van der Waals surface area contributed by atoms with Gasteiger partial charge in [0.05, 0.1) is 13.0 Å². The molecular weight excluding hydrogens is 483 g/mol. The molecule has 1 N–H and O–H groups in total. The van der Waals surface area contributed by atoms with E-state index in [0.29, 0.717) is 18.5 Å². The summed E-state index contributed by atoms with van der Waals surface area (Å²) in [5.74, 6) is 1.46. The summed E-state index contributed by atoms with van der Waals surface area (Å²) in [5.41, 5.74) is 1.08. The molecule has 2 aliphatic rings. The third-order valence-electron chi connectivity index (χ3n) is 5.63. The number of carbonyl (C=O) groups excluding carboxylic acids is 1. The Bertz CT molecular complexity index is 654. The van der Waals surface area contributed by atoms with Gasteiger partial charge in [0.2, 0.25) is 5.88 Å². The SMILES string of the molecule is CN=C(NCc1ccc(OC2CCCCC2)nc1)N1CCC(C(=O)OC)CC1.I. The molecular formula is C21H33IN4O3. The van der Waals surface area contributed by atoms with E-state index < -0.39 is 0 Å². The predicted molar refractivity (Wildman–Crippen MR) is 124 cm³/mol. The first-order valence-electron chi connectivity index (χ1n) is 10.3. The summed E-state index contributed by atoms with van der Waals surface area (Å²) in [4.78, 5) is 22.7. The second-order valence-corrected chi connectivity index (χ2v) is 7.57. The Hall–Kier alpha value is -1.58. The van der Waals surface area contributed by atoms with Crippen molar-refractivity contribution >= 4 is 35.9 Å². The van der Waals surface area contributed by atoms with Crippen LogP contribution < -0.4 is 10.1 Å². The fraction of sp³-hybridized carbons (Fsp3) is 0.667. The van der Waals surface area contributed by atoms with Crippen LogP contribution in [0.25, 0.3) is 0 Å². The maximum Gasteiger partial charge on any atom is 0.308 e. The first kappa shape index (κ1) is 23.7. The maximum atomic E-state index is 11.7. The first-order chi connectivity index (χ1) is 13.7. The largest absolute Gasteiger partial charge is 0.474 e. The van der Waals surface area contributed by atoms with E-state index in [2.05, 4.69) is 26.3 Å². The third-order valence-corrected chi connectivity index (χ3v) is 5.63. The molecule has 1 saturated carbocycles. The molecule has 2 fully saturated rings. The number of nitrogens with zero attached hydrogens (tertiary/aromatic N) is 3. The zero-order chi connectivity index (χ0) is 19.8. The molecule has 2 heterocycles. The molecule has 1 saturated heterocycles. The molecule has 0 radical (unpaired) electrons. The van der Waals surface area contributed by atoms with Gasteiger partial charge in [0, 0.05) is 38.9 Å². The van der Waals surface area contributed by atoms with Gasteiger partial charge in [-0.1, -0.05) is 12.5 Å². The number of piperidine rings is 1. The number of hydrogen-bond acceptors (Lipinski definition) is 5. The number of methoxy groups -OCH3 is 1. The number of hydrogen-bond donors (Lipinski definition) is 1. The number of nitrogens with one attached hydrogen (secondary N) is 1. The minimum absolute atomic E-state index is 0. The van der Waals surface area contributed by atoms with E-state index >= 15 is 0 Å². The minimum atomic E-state index is -0.107. The van der Waals surface area contributed by atoms with E-state index in [-0.39, 0.29) is 35.9 Å². The second kappa shape index (κ2) is 12.2. The molecule has 0 aromatic carbocycles. The van der Waals surface area contributed by atoms with Crippen LogP contribution in [0.15, 0.2) is 23.3 Å². The van der Waals surface area contributed by atoms with Gasteiger partial charge in [0.1, 0.15) is 6.10 Å². The number of halogens is 1. The van der Waals surface area contributed by atoms with Crippen LogP contribution in [-0.4, -0.2) is 55.2 Å². The van der Waals surface area contributed by atoms with Crippen LogP contribution in [0.4, 0.5) is 0 Å². The van der Waals surface area contributed by atoms with Crippen LogP contribution in [-0.2, 0) is 16.1 Å². The van der Waals surface area contributed by atoms with Crippen LogP contribution in [0.2, 0.25) is 0 Å². The van der Waals surface area contributed by atoms with E-state index in [1.54, 1.807) is 7.05 Å². The van der Waals surface area contributed by atoms with Gasteiger partial charge in [0.15, 0.2) is 5.96 Å². The Morgan fingerprint density at radius 1 is 1.21 bits per heavy atom. The van der Waals surface area contributed by atoms with Crippen molar-refractivity contribution in [1.29, 1.82) is 0 Å². The molecule has 0 unspecified atom stereocenters. The summed E-state index contributed by atoms with van der Waals surface area (Å²) in [5, 5.41) is 3.39. The van der Waals surface area contributed by atoms with E-state index in [0.717, 1.165) is 50.3 Å². The number of carbonyl (C=O) groups is 1. The number of ether oxygens (including phenoxy) is 2. The molecule has 7 nitrogen and oxygen atoms in total. The summed E-state index contributed by atoms with van der Waals surface area (Å²) < 4.78 is 10.8. The lowest BCUT2D eigenvalue weighted by atomic mass is 9.97. The van der Waals surface area contributed by atoms with E-state index in [1.807, 2.05) is 12.3 Å². The van der Waals surface area contributed by atoms with Gasteiger partial charge in [-0.2, -0.15) is 0 Å². The highest BCUT2D eigenvalue weighted by molar-refractivity contribution is 14.0. The average Bonchev–Trinajstić information content (AvgIpc) is 2.76. The highest BCUT2D eigenvalue weighted by atomic mass is 127. The van der Waals surface area contributed by atoms with Crippen LogP contribution in [0, 0.1) is 5.92 Å². The van der Waals surface area contributed by atoms with Gasteiger partial charge >= 0.3 is 5.97 Å². The van der Waals surface area contributed by atoms with Crippen molar-refractivity contribution in [3.05, 3.63) is 23.9 Å². The number of esters is 1. The Balaban J connectivity index is 0.00000300. The van der Waals surface area contributed by atoms with Crippen LogP contribution in [0.5, 0.6) is 5.88 Å². The molecule has 1 aromatic rings. The van der Waals surface area contributed by atoms with Crippen molar-refractivity contribution in [2.24, 2.45) is 10.9 Å². The van der Waals surface area contributed by atoms with Gasteiger partial charge < -0.3 is 19.7 Å². The number of rotatable bonds is 5. The molecule has 0 atom stereocenters. The zero-order valence-electron chi connectivity index (χ0n) is 17.4. The molecule has 0 bridgehead atoms. The highest BCUT2D eigenvalue weighted by Gasteiger charge is 2.26. The van der Waals surface area contributed by atoms with Crippen LogP contribution in [0.1, 0.15) is 50.5 Å². The molecule has 1 aliphatic heterocycles. The van der Waals surface area contributed by atoms with Crippen molar-refractivity contribution in [3.8, 4) is 5.88 Å². The lowest BCUT2D eigenvalue weighted by Gasteiger charge is -2.33. The van der Waals surface area contributed by atoms with Crippen molar-refractivity contribution in [2.45, 2.75) is 57.6 Å². The zero-order valence-corrected chi connectivity index (χ0v) is 19.8.